The number of hydrogen-bond acceptors (Lipinski definition) is 3. The summed E-state index contributed by atoms with van der Waals surface area (Å²) in [6, 6.07) is 7.03. The SMILES string of the molecule is CCNC(Cc1cnn(C)c1)c1ccc2c(c1)COC2. The molecule has 0 bridgehead atoms. The number of fused-ring (bicyclic) bond motifs is 1. The molecular formula is C16H21N3O. The fourth-order valence-electron chi connectivity index (χ4n) is 2.78. The fourth-order valence-corrected chi connectivity index (χ4v) is 2.78. The number of benzene rings is 1. The standard InChI is InChI=1S/C16H21N3O/c1-3-17-16(6-12-8-18-19(2)9-12)13-4-5-14-10-20-11-15(14)7-13/h4-5,7-9,16-17H,3,6,10-11H2,1-2H3. The van der Waals surface area contributed by atoms with E-state index in [1.807, 2.05) is 17.9 Å². The van der Waals surface area contributed by atoms with Gasteiger partial charge >= 0.3 is 0 Å². The number of nitrogens with zero attached hydrogens (tertiary/aromatic N) is 2. The zero-order chi connectivity index (χ0) is 13.9. The first-order valence-corrected chi connectivity index (χ1v) is 7.16. The summed E-state index contributed by atoms with van der Waals surface area (Å²) in [7, 11) is 1.96. The summed E-state index contributed by atoms with van der Waals surface area (Å²) in [6.07, 6.45) is 4.99. The minimum absolute atomic E-state index is 0.329. The molecule has 0 fully saturated rings. The second kappa shape index (κ2) is 5.77. The van der Waals surface area contributed by atoms with Gasteiger partial charge in [-0.1, -0.05) is 25.1 Å². The van der Waals surface area contributed by atoms with Gasteiger partial charge in [-0.3, -0.25) is 4.68 Å². The van der Waals surface area contributed by atoms with Gasteiger partial charge < -0.3 is 10.1 Å². The summed E-state index contributed by atoms with van der Waals surface area (Å²) in [5.41, 5.74) is 5.25. The largest absolute Gasteiger partial charge is 0.372 e. The summed E-state index contributed by atoms with van der Waals surface area (Å²) in [4.78, 5) is 0. The number of ether oxygens (including phenoxy) is 1. The van der Waals surface area contributed by atoms with E-state index in [-0.39, 0.29) is 0 Å². The first-order valence-electron chi connectivity index (χ1n) is 7.16. The van der Waals surface area contributed by atoms with Gasteiger partial charge in [0.1, 0.15) is 0 Å². The highest BCUT2D eigenvalue weighted by atomic mass is 16.5. The van der Waals surface area contributed by atoms with E-state index in [9.17, 15) is 0 Å². The van der Waals surface area contributed by atoms with Crippen LogP contribution < -0.4 is 5.32 Å². The van der Waals surface area contributed by atoms with Crippen LogP contribution in [0.4, 0.5) is 0 Å². The van der Waals surface area contributed by atoms with Crippen molar-refractivity contribution in [3.8, 4) is 0 Å². The van der Waals surface area contributed by atoms with Crippen LogP contribution in [0.2, 0.25) is 0 Å². The molecule has 1 atom stereocenters. The molecule has 20 heavy (non-hydrogen) atoms. The molecule has 1 unspecified atom stereocenters. The summed E-state index contributed by atoms with van der Waals surface area (Å²) < 4.78 is 7.35. The second-order valence-corrected chi connectivity index (χ2v) is 5.36. The molecule has 0 aliphatic carbocycles. The van der Waals surface area contributed by atoms with E-state index in [1.165, 1.54) is 22.3 Å². The molecule has 0 amide bonds. The van der Waals surface area contributed by atoms with Gasteiger partial charge in [-0.2, -0.15) is 5.10 Å². The van der Waals surface area contributed by atoms with Crippen molar-refractivity contribution in [1.29, 1.82) is 0 Å². The molecule has 106 valence electrons. The van der Waals surface area contributed by atoms with E-state index >= 15 is 0 Å². The van der Waals surface area contributed by atoms with Crippen molar-refractivity contribution >= 4 is 0 Å². The van der Waals surface area contributed by atoms with Crippen molar-refractivity contribution in [3.05, 3.63) is 52.8 Å². The Balaban J connectivity index is 1.82. The number of rotatable bonds is 5. The Bertz CT molecular complexity index is 591. The van der Waals surface area contributed by atoms with Gasteiger partial charge in [0.15, 0.2) is 0 Å². The predicted molar refractivity (Wildman–Crippen MR) is 78.3 cm³/mol. The highest BCUT2D eigenvalue weighted by molar-refractivity contribution is 5.35. The van der Waals surface area contributed by atoms with Crippen molar-refractivity contribution in [3.63, 3.8) is 0 Å². The molecule has 4 nitrogen and oxygen atoms in total. The Labute approximate surface area is 119 Å². The zero-order valence-electron chi connectivity index (χ0n) is 12.1. The third kappa shape index (κ3) is 2.76. The lowest BCUT2D eigenvalue weighted by molar-refractivity contribution is 0.134. The normalized spacial score (nSPS) is 15.3. The zero-order valence-corrected chi connectivity index (χ0v) is 12.1. The lowest BCUT2D eigenvalue weighted by Gasteiger charge is -2.18. The van der Waals surface area contributed by atoms with E-state index in [0.717, 1.165) is 26.2 Å². The van der Waals surface area contributed by atoms with Crippen LogP contribution in [0.3, 0.4) is 0 Å². The number of hydrogen-bond donors (Lipinski definition) is 1. The Hall–Kier alpha value is -1.65. The third-order valence-electron chi connectivity index (χ3n) is 3.80. The first-order chi connectivity index (χ1) is 9.76. The molecule has 0 radical (unpaired) electrons. The van der Waals surface area contributed by atoms with Crippen molar-refractivity contribution in [2.75, 3.05) is 6.54 Å². The molecule has 4 heteroatoms. The van der Waals surface area contributed by atoms with Crippen LogP contribution in [0.1, 0.15) is 35.2 Å². The minimum Gasteiger partial charge on any atom is -0.372 e. The average Bonchev–Trinajstić information content (AvgIpc) is 3.06. The van der Waals surface area contributed by atoms with Crippen molar-refractivity contribution in [1.82, 2.24) is 15.1 Å². The molecule has 3 rings (SSSR count). The number of nitrogens with one attached hydrogen (secondary N) is 1. The molecule has 0 saturated heterocycles. The molecule has 1 aromatic carbocycles. The topological polar surface area (TPSA) is 39.1 Å². The van der Waals surface area contributed by atoms with E-state index < -0.39 is 0 Å². The smallest absolute Gasteiger partial charge is 0.0725 e. The van der Waals surface area contributed by atoms with Crippen LogP contribution in [-0.4, -0.2) is 16.3 Å². The summed E-state index contributed by atoms with van der Waals surface area (Å²) in [6.45, 7) is 4.60. The Morgan fingerprint density at radius 1 is 1.35 bits per heavy atom. The van der Waals surface area contributed by atoms with Crippen LogP contribution in [0, 0.1) is 0 Å². The summed E-state index contributed by atoms with van der Waals surface area (Å²) in [5.74, 6) is 0. The monoisotopic (exact) mass is 271 g/mol. The van der Waals surface area contributed by atoms with Gasteiger partial charge in [-0.15, -0.1) is 0 Å². The van der Waals surface area contributed by atoms with E-state index in [4.69, 9.17) is 4.74 Å². The maximum absolute atomic E-state index is 5.50. The third-order valence-corrected chi connectivity index (χ3v) is 3.80. The lowest BCUT2D eigenvalue weighted by atomic mass is 9.97. The molecule has 2 heterocycles. The maximum atomic E-state index is 5.50. The Morgan fingerprint density at radius 2 is 2.20 bits per heavy atom. The lowest BCUT2D eigenvalue weighted by Crippen LogP contribution is -2.23. The van der Waals surface area contributed by atoms with Crippen LogP contribution in [-0.2, 0) is 31.4 Å². The molecule has 1 aromatic heterocycles. The van der Waals surface area contributed by atoms with Gasteiger partial charge in [0.2, 0.25) is 0 Å². The molecule has 0 saturated carbocycles. The van der Waals surface area contributed by atoms with Crippen molar-refractivity contribution in [2.45, 2.75) is 32.6 Å². The Morgan fingerprint density at radius 3 is 2.95 bits per heavy atom. The van der Waals surface area contributed by atoms with E-state index in [1.54, 1.807) is 0 Å². The number of likely N-dealkylation sites (N-methyl/N-ethyl adjacent to an activating group) is 1. The molecule has 1 N–H and O–H groups in total. The predicted octanol–water partition coefficient (Wildman–Crippen LogP) is 2.34. The molecule has 0 spiro atoms. The van der Waals surface area contributed by atoms with Crippen molar-refractivity contribution < 1.29 is 4.74 Å². The van der Waals surface area contributed by atoms with Gasteiger partial charge in [0.25, 0.3) is 0 Å². The summed E-state index contributed by atoms with van der Waals surface area (Å²) >= 11 is 0. The molecule has 2 aromatic rings. The first kappa shape index (κ1) is 13.3. The second-order valence-electron chi connectivity index (χ2n) is 5.36. The van der Waals surface area contributed by atoms with Gasteiger partial charge in [-0.25, -0.2) is 0 Å². The van der Waals surface area contributed by atoms with Gasteiger partial charge in [0, 0.05) is 19.3 Å². The Kier molecular flexibility index (Phi) is 3.85. The molecule has 1 aliphatic heterocycles. The number of aromatic nitrogens is 2. The van der Waals surface area contributed by atoms with Crippen LogP contribution in [0.15, 0.2) is 30.6 Å². The van der Waals surface area contributed by atoms with Crippen LogP contribution >= 0.6 is 0 Å². The highest BCUT2D eigenvalue weighted by Gasteiger charge is 2.16. The average molecular weight is 271 g/mol. The van der Waals surface area contributed by atoms with Crippen LogP contribution in [0.5, 0.6) is 0 Å². The van der Waals surface area contributed by atoms with E-state index in [2.05, 4.69) is 41.7 Å². The maximum Gasteiger partial charge on any atom is 0.0725 e. The summed E-state index contributed by atoms with van der Waals surface area (Å²) in [5, 5.41) is 7.82. The highest BCUT2D eigenvalue weighted by Crippen LogP contribution is 2.25. The molecule has 1 aliphatic rings. The van der Waals surface area contributed by atoms with Gasteiger partial charge in [0.05, 0.1) is 19.4 Å². The van der Waals surface area contributed by atoms with Crippen LogP contribution in [0.25, 0.3) is 0 Å². The minimum atomic E-state index is 0.329. The van der Waals surface area contributed by atoms with E-state index in [0.29, 0.717) is 6.04 Å². The van der Waals surface area contributed by atoms with Gasteiger partial charge in [-0.05, 0) is 35.2 Å². The van der Waals surface area contributed by atoms with Crippen molar-refractivity contribution in [2.24, 2.45) is 7.05 Å². The fraction of sp³-hybridized carbons (Fsp3) is 0.438. The quantitative estimate of drug-likeness (QED) is 0.907. The number of aryl methyl sites for hydroxylation is 1. The molecular weight excluding hydrogens is 250 g/mol.